The minimum Gasteiger partial charge on any atom is -0.508 e. The van der Waals surface area contributed by atoms with Crippen molar-refractivity contribution in [2.24, 2.45) is 0 Å². The highest BCUT2D eigenvalue weighted by Gasteiger charge is 2.20. The Labute approximate surface area is 150 Å². The van der Waals surface area contributed by atoms with Gasteiger partial charge in [-0.3, -0.25) is 5.10 Å². The van der Waals surface area contributed by atoms with Gasteiger partial charge in [-0.05, 0) is 49.7 Å². The summed E-state index contributed by atoms with van der Waals surface area (Å²) in [7, 11) is 3.25. The van der Waals surface area contributed by atoms with Crippen molar-refractivity contribution in [2.75, 3.05) is 14.2 Å². The van der Waals surface area contributed by atoms with Gasteiger partial charge in [0.25, 0.3) is 0 Å². The van der Waals surface area contributed by atoms with Gasteiger partial charge in [0.15, 0.2) is 17.1 Å². The van der Waals surface area contributed by atoms with Crippen LogP contribution in [0.25, 0.3) is 33.1 Å². The maximum Gasteiger partial charge on any atom is 0.182 e. The lowest BCUT2D eigenvalue weighted by Gasteiger charge is -2.14. The molecule has 0 spiro atoms. The van der Waals surface area contributed by atoms with Gasteiger partial charge in [0.05, 0.1) is 25.3 Å². The first-order valence-corrected chi connectivity index (χ1v) is 8.24. The molecule has 0 radical (unpaired) electrons. The molecule has 0 atom stereocenters. The van der Waals surface area contributed by atoms with Crippen molar-refractivity contribution in [2.45, 2.75) is 13.8 Å². The van der Waals surface area contributed by atoms with Gasteiger partial charge < -0.3 is 14.6 Å². The van der Waals surface area contributed by atoms with E-state index in [0.717, 1.165) is 38.7 Å². The van der Waals surface area contributed by atoms with E-state index in [0.29, 0.717) is 17.1 Å². The van der Waals surface area contributed by atoms with Crippen molar-refractivity contribution in [3.8, 4) is 28.5 Å². The van der Waals surface area contributed by atoms with Crippen molar-refractivity contribution in [1.82, 2.24) is 15.2 Å². The minimum absolute atomic E-state index is 0.258. The number of rotatable bonds is 3. The van der Waals surface area contributed by atoms with E-state index >= 15 is 0 Å². The zero-order valence-electron chi connectivity index (χ0n) is 15.0. The maximum atomic E-state index is 9.86. The van der Waals surface area contributed by atoms with Crippen LogP contribution < -0.4 is 9.47 Å². The molecule has 6 nitrogen and oxygen atoms in total. The lowest BCUT2D eigenvalue weighted by atomic mass is 9.98. The van der Waals surface area contributed by atoms with E-state index in [4.69, 9.17) is 14.5 Å². The molecule has 2 N–H and O–H groups in total. The topological polar surface area (TPSA) is 80.3 Å². The van der Waals surface area contributed by atoms with E-state index in [9.17, 15) is 5.11 Å². The number of methoxy groups -OCH3 is 2. The number of aryl methyl sites for hydroxylation is 2. The molecule has 0 fully saturated rings. The Balaban J connectivity index is 2.19. The van der Waals surface area contributed by atoms with Gasteiger partial charge in [-0.2, -0.15) is 5.10 Å². The summed E-state index contributed by atoms with van der Waals surface area (Å²) in [6.45, 7) is 3.82. The fourth-order valence-corrected chi connectivity index (χ4v) is 3.36. The van der Waals surface area contributed by atoms with Crippen LogP contribution in [0.1, 0.15) is 11.3 Å². The van der Waals surface area contributed by atoms with Crippen LogP contribution in [0.15, 0.2) is 30.3 Å². The van der Waals surface area contributed by atoms with Gasteiger partial charge in [-0.25, -0.2) is 4.98 Å². The van der Waals surface area contributed by atoms with Gasteiger partial charge in [-0.1, -0.05) is 0 Å². The Hall–Kier alpha value is -3.28. The summed E-state index contributed by atoms with van der Waals surface area (Å²) in [6.07, 6.45) is 0. The van der Waals surface area contributed by atoms with Crippen molar-refractivity contribution in [3.05, 3.63) is 41.6 Å². The molecule has 0 saturated heterocycles. The average molecular weight is 349 g/mol. The summed E-state index contributed by atoms with van der Waals surface area (Å²) in [5.41, 5.74) is 4.00. The molecule has 2 aromatic carbocycles. The maximum absolute atomic E-state index is 9.86. The summed E-state index contributed by atoms with van der Waals surface area (Å²) in [6, 6.07) is 9.30. The van der Waals surface area contributed by atoms with Crippen LogP contribution in [0.5, 0.6) is 17.2 Å². The molecule has 132 valence electrons. The van der Waals surface area contributed by atoms with E-state index in [-0.39, 0.29) is 5.75 Å². The number of phenols is 1. The number of nitrogens with zero attached hydrogens (tertiary/aromatic N) is 2. The van der Waals surface area contributed by atoms with Crippen molar-refractivity contribution in [3.63, 3.8) is 0 Å². The van der Waals surface area contributed by atoms with Gasteiger partial charge in [-0.15, -0.1) is 0 Å². The van der Waals surface area contributed by atoms with E-state index in [1.165, 1.54) is 0 Å². The number of aromatic nitrogens is 3. The number of pyridine rings is 1. The molecular formula is C20H19N3O3. The highest BCUT2D eigenvalue weighted by Crippen LogP contribution is 2.43. The minimum atomic E-state index is 0.258. The SMILES string of the molecule is COc1ccc2c(-c3ccc(O)c(C)c3)nc3n[nH]c(C)c3c2c1OC. The number of ether oxygens (including phenoxy) is 2. The Bertz CT molecular complexity index is 1150. The molecule has 0 aliphatic heterocycles. The van der Waals surface area contributed by atoms with E-state index < -0.39 is 0 Å². The zero-order chi connectivity index (χ0) is 18.4. The molecule has 4 aromatic rings. The second-order valence-corrected chi connectivity index (χ2v) is 6.23. The summed E-state index contributed by atoms with van der Waals surface area (Å²) in [5.74, 6) is 1.56. The normalized spacial score (nSPS) is 11.2. The monoisotopic (exact) mass is 349 g/mol. The highest BCUT2D eigenvalue weighted by atomic mass is 16.5. The van der Waals surface area contributed by atoms with Crippen LogP contribution in [0, 0.1) is 13.8 Å². The van der Waals surface area contributed by atoms with Crippen LogP contribution in [0.3, 0.4) is 0 Å². The van der Waals surface area contributed by atoms with Crippen molar-refractivity contribution in [1.29, 1.82) is 0 Å². The van der Waals surface area contributed by atoms with Gasteiger partial charge in [0, 0.05) is 22.0 Å². The number of benzene rings is 2. The molecular weight excluding hydrogens is 330 g/mol. The number of fused-ring (bicyclic) bond motifs is 3. The second kappa shape index (κ2) is 5.91. The molecule has 0 unspecified atom stereocenters. The van der Waals surface area contributed by atoms with Crippen LogP contribution >= 0.6 is 0 Å². The van der Waals surface area contributed by atoms with Crippen LogP contribution in [-0.2, 0) is 0 Å². The third-order valence-corrected chi connectivity index (χ3v) is 4.67. The first-order chi connectivity index (χ1) is 12.5. The third-order valence-electron chi connectivity index (χ3n) is 4.67. The number of hydrogen-bond acceptors (Lipinski definition) is 5. The summed E-state index contributed by atoms with van der Waals surface area (Å²) < 4.78 is 11.2. The predicted molar refractivity (Wildman–Crippen MR) is 101 cm³/mol. The largest absolute Gasteiger partial charge is 0.508 e. The first-order valence-electron chi connectivity index (χ1n) is 8.24. The molecule has 0 amide bonds. The van der Waals surface area contributed by atoms with E-state index in [1.807, 2.05) is 38.1 Å². The summed E-state index contributed by atoms with van der Waals surface area (Å²) in [5, 5.41) is 20.0. The van der Waals surface area contributed by atoms with Crippen LogP contribution in [-0.4, -0.2) is 34.5 Å². The van der Waals surface area contributed by atoms with Crippen LogP contribution in [0.4, 0.5) is 0 Å². The van der Waals surface area contributed by atoms with Crippen molar-refractivity contribution < 1.29 is 14.6 Å². The van der Waals surface area contributed by atoms with Crippen molar-refractivity contribution >= 4 is 21.8 Å². The summed E-state index contributed by atoms with van der Waals surface area (Å²) in [4.78, 5) is 4.78. The molecule has 0 saturated carbocycles. The van der Waals surface area contributed by atoms with Gasteiger partial charge in [0.1, 0.15) is 5.75 Å². The number of nitrogens with one attached hydrogen (secondary N) is 1. The molecule has 26 heavy (non-hydrogen) atoms. The number of aromatic hydroxyl groups is 1. The second-order valence-electron chi connectivity index (χ2n) is 6.23. The predicted octanol–water partition coefficient (Wildman–Crippen LogP) is 4.12. The van der Waals surface area contributed by atoms with Gasteiger partial charge in [0.2, 0.25) is 0 Å². The lowest BCUT2D eigenvalue weighted by Crippen LogP contribution is -1.95. The molecule has 4 rings (SSSR count). The van der Waals surface area contributed by atoms with E-state index in [1.54, 1.807) is 20.3 Å². The van der Waals surface area contributed by atoms with Gasteiger partial charge >= 0.3 is 0 Å². The Morgan fingerprint density at radius 3 is 2.50 bits per heavy atom. The Morgan fingerprint density at radius 2 is 1.81 bits per heavy atom. The van der Waals surface area contributed by atoms with Crippen LogP contribution in [0.2, 0.25) is 0 Å². The molecule has 0 aliphatic rings. The fourth-order valence-electron chi connectivity index (χ4n) is 3.36. The molecule has 2 heterocycles. The highest BCUT2D eigenvalue weighted by molar-refractivity contribution is 6.14. The Morgan fingerprint density at radius 1 is 1.00 bits per heavy atom. The Kier molecular flexibility index (Phi) is 3.68. The quantitative estimate of drug-likeness (QED) is 0.581. The third kappa shape index (κ3) is 2.26. The summed E-state index contributed by atoms with van der Waals surface area (Å²) >= 11 is 0. The zero-order valence-corrected chi connectivity index (χ0v) is 15.0. The molecule has 2 aromatic heterocycles. The number of H-pyrrole nitrogens is 1. The molecule has 0 aliphatic carbocycles. The first kappa shape index (κ1) is 16.2. The fraction of sp³-hybridized carbons (Fsp3) is 0.200. The number of hydrogen-bond donors (Lipinski definition) is 2. The molecule has 0 bridgehead atoms. The number of phenolic OH excluding ortho intramolecular Hbond substituents is 1. The standard InChI is InChI=1S/C20H19N3O3/c1-10-9-12(5-7-14(10)24)18-13-6-8-15(25-3)19(26-4)17(13)16-11(2)22-23-20(16)21-18/h5-9,24H,1-4H3,(H,21,22,23). The number of aromatic amines is 1. The van der Waals surface area contributed by atoms with E-state index in [2.05, 4.69) is 10.2 Å². The average Bonchev–Trinajstić information content (AvgIpc) is 3.03. The molecule has 6 heteroatoms. The lowest BCUT2D eigenvalue weighted by molar-refractivity contribution is 0.359. The smallest absolute Gasteiger partial charge is 0.182 e.